The van der Waals surface area contributed by atoms with Crippen molar-refractivity contribution in [2.24, 2.45) is 0 Å². The summed E-state index contributed by atoms with van der Waals surface area (Å²) in [5, 5.41) is 0.767. The monoisotopic (exact) mass is 297 g/mol. The van der Waals surface area contributed by atoms with Gasteiger partial charge in [0.15, 0.2) is 0 Å². The summed E-state index contributed by atoms with van der Waals surface area (Å²) in [6.45, 7) is 0. The molecule has 0 saturated heterocycles. The predicted molar refractivity (Wildman–Crippen MR) is 72.2 cm³/mol. The molecule has 0 unspecified atom stereocenters. The van der Waals surface area contributed by atoms with Crippen molar-refractivity contribution >= 4 is 43.6 Å². The van der Waals surface area contributed by atoms with E-state index >= 15 is 0 Å². The van der Waals surface area contributed by atoms with E-state index in [-0.39, 0.29) is 0 Å². The topological polar surface area (TPSA) is 0 Å². The van der Waals surface area contributed by atoms with Crippen molar-refractivity contribution in [1.29, 1.82) is 0 Å². The van der Waals surface area contributed by atoms with Crippen LogP contribution in [-0.4, -0.2) is 15.6 Å². The average molecular weight is 296 g/mol. The van der Waals surface area contributed by atoms with Crippen LogP contribution in [0.15, 0.2) is 60.7 Å². The SMILES string of the molecule is [S-][P+]([Se-])(c1ccccc1)c1ccccc1. The van der Waals surface area contributed by atoms with E-state index in [4.69, 9.17) is 12.2 Å². The quantitative estimate of drug-likeness (QED) is 0.465. The molecule has 0 nitrogen and oxygen atoms in total. The van der Waals surface area contributed by atoms with Gasteiger partial charge in [0.05, 0.1) is 0 Å². The van der Waals surface area contributed by atoms with Gasteiger partial charge in [0.2, 0.25) is 0 Å². The molecule has 0 radical (unpaired) electrons. The molecule has 0 atom stereocenters. The van der Waals surface area contributed by atoms with Crippen LogP contribution in [-0.2, 0) is 12.2 Å². The van der Waals surface area contributed by atoms with Crippen molar-refractivity contribution in [3.8, 4) is 0 Å². The van der Waals surface area contributed by atoms with Gasteiger partial charge in [0.25, 0.3) is 0 Å². The Morgan fingerprint density at radius 1 is 0.733 bits per heavy atom. The third kappa shape index (κ3) is 2.46. The zero-order chi connectivity index (χ0) is 10.7. The van der Waals surface area contributed by atoms with Gasteiger partial charge in [-0.15, -0.1) is 0 Å². The van der Waals surface area contributed by atoms with Gasteiger partial charge >= 0.3 is 104 Å². The standard InChI is InChI=1S/C12H11PSSe/c14-13(15,11-7-3-1-4-8-11)12-9-5-2-6-10-12/h1-10H,(H,14,15)/p-1. The maximum atomic E-state index is 5.73. The number of rotatable bonds is 2. The fraction of sp³-hybridized carbons (Fsp3) is 0. The van der Waals surface area contributed by atoms with Crippen LogP contribution < -0.4 is 10.6 Å². The summed E-state index contributed by atoms with van der Waals surface area (Å²) in [4.78, 5) is 0. The molecule has 0 N–H and O–H groups in total. The van der Waals surface area contributed by atoms with E-state index in [9.17, 15) is 0 Å². The first kappa shape index (κ1) is 11.2. The molecule has 0 bridgehead atoms. The van der Waals surface area contributed by atoms with Gasteiger partial charge in [-0.2, -0.15) is 0 Å². The maximum absolute atomic E-state index is 5.73. The summed E-state index contributed by atoms with van der Waals surface area (Å²) < 4.78 is 0. The molecule has 0 aliphatic rings. The first-order valence-corrected chi connectivity index (χ1v) is 9.65. The van der Waals surface area contributed by atoms with Crippen LogP contribution in [0, 0.1) is 0 Å². The van der Waals surface area contributed by atoms with Crippen molar-refractivity contribution in [3.05, 3.63) is 60.7 Å². The molecule has 0 aliphatic carbocycles. The molecule has 0 fully saturated rings. The van der Waals surface area contributed by atoms with Crippen LogP contribution in [0.5, 0.6) is 0 Å². The third-order valence-electron chi connectivity index (χ3n) is 2.19. The number of hydrogen-bond acceptors (Lipinski definition) is 1. The van der Waals surface area contributed by atoms with Gasteiger partial charge in [0.1, 0.15) is 0 Å². The van der Waals surface area contributed by atoms with Crippen LogP contribution in [0.4, 0.5) is 0 Å². The number of benzene rings is 2. The molecule has 0 spiro atoms. The Hall–Kier alpha value is -0.261. The van der Waals surface area contributed by atoms with Crippen LogP contribution in [0.1, 0.15) is 0 Å². The zero-order valence-electron chi connectivity index (χ0n) is 8.04. The molecule has 2 aromatic rings. The van der Waals surface area contributed by atoms with E-state index in [0.29, 0.717) is 0 Å². The van der Waals surface area contributed by atoms with Crippen molar-refractivity contribution in [2.75, 3.05) is 0 Å². The summed E-state index contributed by atoms with van der Waals surface area (Å²) in [7, 11) is 0. The molecule has 3 heteroatoms. The second kappa shape index (κ2) is 4.72. The van der Waals surface area contributed by atoms with Crippen LogP contribution >= 0.6 is 5.15 Å². The van der Waals surface area contributed by atoms with Crippen molar-refractivity contribution in [1.82, 2.24) is 0 Å². The summed E-state index contributed by atoms with van der Waals surface area (Å²) >= 11 is 8.94. The molecular weight excluding hydrogens is 286 g/mol. The third-order valence-corrected chi connectivity index (χ3v) is 8.07. The van der Waals surface area contributed by atoms with Gasteiger partial charge in [-0.1, -0.05) is 0 Å². The van der Waals surface area contributed by atoms with Crippen molar-refractivity contribution < 1.29 is 0 Å². The zero-order valence-corrected chi connectivity index (χ0v) is 11.5. The molecule has 2 rings (SSSR count). The van der Waals surface area contributed by atoms with Crippen LogP contribution in [0.2, 0.25) is 0 Å². The van der Waals surface area contributed by atoms with E-state index in [0.717, 1.165) is 0 Å². The fourth-order valence-corrected chi connectivity index (χ4v) is 5.09. The molecule has 0 heterocycles. The van der Waals surface area contributed by atoms with E-state index in [2.05, 4.69) is 39.8 Å². The molecular formula is C12H10PSSe-. The van der Waals surface area contributed by atoms with Gasteiger partial charge in [-0.25, -0.2) is 0 Å². The second-order valence-electron chi connectivity index (χ2n) is 3.22. The van der Waals surface area contributed by atoms with E-state index in [1.54, 1.807) is 0 Å². The molecule has 76 valence electrons. The minimum absolute atomic E-state index is 1.23. The summed E-state index contributed by atoms with van der Waals surface area (Å²) in [6, 6.07) is 20.6. The van der Waals surface area contributed by atoms with Crippen molar-refractivity contribution in [3.63, 3.8) is 0 Å². The molecule has 0 aliphatic heterocycles. The molecule has 0 amide bonds. The normalized spacial score (nSPS) is 11.3. The van der Waals surface area contributed by atoms with Gasteiger partial charge in [-0.05, 0) is 0 Å². The Morgan fingerprint density at radius 3 is 1.40 bits per heavy atom. The second-order valence-corrected chi connectivity index (χ2v) is 12.0. The summed E-state index contributed by atoms with van der Waals surface area (Å²) in [6.07, 6.45) is 0. The van der Waals surface area contributed by atoms with Gasteiger partial charge in [-0.3, -0.25) is 0 Å². The van der Waals surface area contributed by atoms with Crippen LogP contribution in [0.3, 0.4) is 0 Å². The fourth-order valence-electron chi connectivity index (χ4n) is 1.40. The Morgan fingerprint density at radius 2 is 1.07 bits per heavy atom. The molecule has 2 aromatic carbocycles. The summed E-state index contributed by atoms with van der Waals surface area (Å²) in [5.41, 5.74) is 0. The Kier molecular flexibility index (Phi) is 3.53. The first-order chi connectivity index (χ1) is 7.21. The number of hydrogen-bond donors (Lipinski definition) is 0. The molecule has 0 aromatic heterocycles. The summed E-state index contributed by atoms with van der Waals surface area (Å²) in [5.74, 6) is 0. The van der Waals surface area contributed by atoms with Crippen molar-refractivity contribution in [2.45, 2.75) is 0 Å². The van der Waals surface area contributed by atoms with E-state index in [1.807, 2.05) is 36.4 Å². The molecule has 15 heavy (non-hydrogen) atoms. The Bertz CT molecular complexity index is 386. The van der Waals surface area contributed by atoms with Gasteiger partial charge < -0.3 is 0 Å². The van der Waals surface area contributed by atoms with E-state index in [1.165, 1.54) is 10.6 Å². The van der Waals surface area contributed by atoms with E-state index < -0.39 is 5.15 Å². The average Bonchev–Trinajstić information content (AvgIpc) is 2.31. The molecule has 0 saturated carbocycles. The minimum atomic E-state index is -1.69. The Labute approximate surface area is 104 Å². The van der Waals surface area contributed by atoms with Crippen LogP contribution in [0.25, 0.3) is 0 Å². The predicted octanol–water partition coefficient (Wildman–Crippen LogP) is 2.20. The first-order valence-electron chi connectivity index (χ1n) is 4.63. The Balaban J connectivity index is 2.44. The van der Waals surface area contributed by atoms with Gasteiger partial charge in [0, 0.05) is 0 Å².